The highest BCUT2D eigenvalue weighted by molar-refractivity contribution is 5.91. The number of pyridine rings is 1. The zero-order valence-electron chi connectivity index (χ0n) is 16.6. The number of anilines is 2. The lowest BCUT2D eigenvalue weighted by atomic mass is 10.1. The minimum absolute atomic E-state index is 0.0316. The quantitative estimate of drug-likeness (QED) is 0.570. The van der Waals surface area contributed by atoms with Gasteiger partial charge < -0.3 is 20.1 Å². The molecule has 6 nitrogen and oxygen atoms in total. The van der Waals surface area contributed by atoms with E-state index in [1.54, 1.807) is 20.4 Å². The lowest BCUT2D eigenvalue weighted by molar-refractivity contribution is -0.116. The number of methoxy groups -OCH3 is 2. The number of rotatable bonds is 9. The van der Waals surface area contributed by atoms with Crippen LogP contribution in [0, 0.1) is 0 Å². The number of carbonyl (C=O) groups excluding carboxylic acids is 1. The molecule has 3 rings (SSSR count). The minimum atomic E-state index is -0.0316. The van der Waals surface area contributed by atoms with Crippen molar-refractivity contribution < 1.29 is 14.3 Å². The van der Waals surface area contributed by atoms with Crippen LogP contribution in [0.5, 0.6) is 11.5 Å². The summed E-state index contributed by atoms with van der Waals surface area (Å²) in [4.78, 5) is 16.4. The molecular formula is C23H25N3O3. The summed E-state index contributed by atoms with van der Waals surface area (Å²) in [6, 6.07) is 17.3. The lowest BCUT2D eigenvalue weighted by Crippen LogP contribution is -2.12. The van der Waals surface area contributed by atoms with E-state index in [0.29, 0.717) is 30.9 Å². The highest BCUT2D eigenvalue weighted by Crippen LogP contribution is 2.28. The number of aromatic nitrogens is 1. The average Bonchev–Trinajstić information content (AvgIpc) is 2.77. The first-order valence-electron chi connectivity index (χ1n) is 9.41. The van der Waals surface area contributed by atoms with Crippen LogP contribution in [0.3, 0.4) is 0 Å². The van der Waals surface area contributed by atoms with Crippen molar-refractivity contribution in [1.29, 1.82) is 0 Å². The standard InChI is InChI=1S/C23H25N3O3/c1-28-21-11-5-17(14-22(21)29-2)6-12-23(27)26-20-9-7-19(8-10-20)25-16-18-4-3-13-24-15-18/h3-5,7-11,13-15,25H,6,12,16H2,1-2H3,(H,26,27). The molecule has 0 aliphatic rings. The van der Waals surface area contributed by atoms with Crippen LogP contribution in [0.1, 0.15) is 17.5 Å². The Kier molecular flexibility index (Phi) is 7.05. The molecule has 0 saturated heterocycles. The van der Waals surface area contributed by atoms with E-state index in [-0.39, 0.29) is 5.91 Å². The van der Waals surface area contributed by atoms with Gasteiger partial charge in [0, 0.05) is 36.7 Å². The molecule has 6 heteroatoms. The maximum absolute atomic E-state index is 12.3. The van der Waals surface area contributed by atoms with Crippen LogP contribution in [-0.2, 0) is 17.8 Å². The first kappa shape index (κ1) is 20.2. The van der Waals surface area contributed by atoms with Crippen LogP contribution >= 0.6 is 0 Å². The van der Waals surface area contributed by atoms with Crippen LogP contribution < -0.4 is 20.1 Å². The molecule has 0 fully saturated rings. The molecule has 0 atom stereocenters. The molecule has 2 N–H and O–H groups in total. The van der Waals surface area contributed by atoms with Crippen molar-refractivity contribution in [2.75, 3.05) is 24.9 Å². The second-order valence-corrected chi connectivity index (χ2v) is 6.53. The van der Waals surface area contributed by atoms with Crippen molar-refractivity contribution in [2.45, 2.75) is 19.4 Å². The molecule has 3 aromatic rings. The normalized spacial score (nSPS) is 10.3. The van der Waals surface area contributed by atoms with Gasteiger partial charge in [-0.05, 0) is 60.0 Å². The summed E-state index contributed by atoms with van der Waals surface area (Å²) in [7, 11) is 3.20. The molecular weight excluding hydrogens is 366 g/mol. The molecule has 0 unspecified atom stereocenters. The molecule has 0 spiro atoms. The molecule has 1 aromatic heterocycles. The van der Waals surface area contributed by atoms with Crippen LogP contribution in [0.2, 0.25) is 0 Å². The summed E-state index contributed by atoms with van der Waals surface area (Å²) >= 11 is 0. The number of nitrogens with one attached hydrogen (secondary N) is 2. The van der Waals surface area contributed by atoms with Crippen LogP contribution in [0.4, 0.5) is 11.4 Å². The van der Waals surface area contributed by atoms with Gasteiger partial charge in [0.25, 0.3) is 0 Å². The number of nitrogens with zero attached hydrogens (tertiary/aromatic N) is 1. The van der Waals surface area contributed by atoms with Crippen molar-refractivity contribution in [3.63, 3.8) is 0 Å². The molecule has 29 heavy (non-hydrogen) atoms. The molecule has 0 bridgehead atoms. The van der Waals surface area contributed by atoms with Crippen molar-refractivity contribution in [2.24, 2.45) is 0 Å². The Morgan fingerprint density at radius 2 is 1.69 bits per heavy atom. The van der Waals surface area contributed by atoms with Gasteiger partial charge in [-0.2, -0.15) is 0 Å². The second kappa shape index (κ2) is 10.1. The molecule has 0 aliphatic heterocycles. The summed E-state index contributed by atoms with van der Waals surface area (Å²) in [5.74, 6) is 1.31. The SMILES string of the molecule is COc1ccc(CCC(=O)Nc2ccc(NCc3cccnc3)cc2)cc1OC. The monoisotopic (exact) mass is 391 g/mol. The van der Waals surface area contributed by atoms with Gasteiger partial charge in [-0.25, -0.2) is 0 Å². The van der Waals surface area contributed by atoms with Gasteiger partial charge in [-0.3, -0.25) is 9.78 Å². The van der Waals surface area contributed by atoms with Gasteiger partial charge in [0.2, 0.25) is 5.91 Å². The Morgan fingerprint density at radius 1 is 0.931 bits per heavy atom. The predicted octanol–water partition coefficient (Wildman–Crippen LogP) is 4.28. The fourth-order valence-electron chi connectivity index (χ4n) is 2.90. The molecule has 150 valence electrons. The van der Waals surface area contributed by atoms with E-state index in [1.165, 1.54) is 0 Å². The number of ether oxygens (including phenoxy) is 2. The van der Waals surface area contributed by atoms with Crippen molar-refractivity contribution in [1.82, 2.24) is 4.98 Å². The molecule has 1 amide bonds. The second-order valence-electron chi connectivity index (χ2n) is 6.53. The Hall–Kier alpha value is -3.54. The van der Waals surface area contributed by atoms with Crippen molar-refractivity contribution in [3.8, 4) is 11.5 Å². The Labute approximate surface area is 170 Å². The molecule has 1 heterocycles. The summed E-state index contributed by atoms with van der Waals surface area (Å²) in [5.41, 5.74) is 3.89. The third kappa shape index (κ3) is 5.97. The zero-order chi connectivity index (χ0) is 20.5. The minimum Gasteiger partial charge on any atom is -0.493 e. The Balaban J connectivity index is 1.48. The number of amides is 1. The number of aryl methyl sites for hydroxylation is 1. The van der Waals surface area contributed by atoms with Gasteiger partial charge in [0.1, 0.15) is 0 Å². The van der Waals surface area contributed by atoms with E-state index in [2.05, 4.69) is 15.6 Å². The van der Waals surface area contributed by atoms with Gasteiger partial charge in [0.05, 0.1) is 14.2 Å². The predicted molar refractivity (Wildman–Crippen MR) is 115 cm³/mol. The van der Waals surface area contributed by atoms with Gasteiger partial charge in [0.15, 0.2) is 11.5 Å². The topological polar surface area (TPSA) is 72.5 Å². The van der Waals surface area contributed by atoms with E-state index in [1.807, 2.05) is 60.8 Å². The zero-order valence-corrected chi connectivity index (χ0v) is 16.6. The molecule has 2 aromatic carbocycles. The van der Waals surface area contributed by atoms with Crippen LogP contribution in [0.25, 0.3) is 0 Å². The Bertz CT molecular complexity index is 928. The number of benzene rings is 2. The molecule has 0 saturated carbocycles. The molecule has 0 radical (unpaired) electrons. The van der Waals surface area contributed by atoms with Gasteiger partial charge in [-0.15, -0.1) is 0 Å². The van der Waals surface area contributed by atoms with Gasteiger partial charge in [-0.1, -0.05) is 12.1 Å². The summed E-state index contributed by atoms with van der Waals surface area (Å²) in [6.07, 6.45) is 4.60. The smallest absolute Gasteiger partial charge is 0.224 e. The fraction of sp³-hybridized carbons (Fsp3) is 0.217. The van der Waals surface area contributed by atoms with E-state index in [9.17, 15) is 4.79 Å². The van der Waals surface area contributed by atoms with Crippen molar-refractivity contribution in [3.05, 3.63) is 78.1 Å². The van der Waals surface area contributed by atoms with Crippen molar-refractivity contribution >= 4 is 17.3 Å². The highest BCUT2D eigenvalue weighted by Gasteiger charge is 2.07. The Morgan fingerprint density at radius 3 is 2.38 bits per heavy atom. The van der Waals surface area contributed by atoms with E-state index < -0.39 is 0 Å². The first-order valence-corrected chi connectivity index (χ1v) is 9.41. The van der Waals surface area contributed by atoms with E-state index in [4.69, 9.17) is 9.47 Å². The summed E-state index contributed by atoms with van der Waals surface area (Å²) in [5, 5.41) is 6.27. The fourth-order valence-corrected chi connectivity index (χ4v) is 2.90. The molecule has 0 aliphatic carbocycles. The summed E-state index contributed by atoms with van der Waals surface area (Å²) in [6.45, 7) is 0.699. The summed E-state index contributed by atoms with van der Waals surface area (Å²) < 4.78 is 10.5. The first-order chi connectivity index (χ1) is 14.2. The largest absolute Gasteiger partial charge is 0.493 e. The third-order valence-corrected chi connectivity index (χ3v) is 4.48. The van der Waals surface area contributed by atoms with E-state index >= 15 is 0 Å². The number of hydrogen-bond acceptors (Lipinski definition) is 5. The number of carbonyl (C=O) groups is 1. The maximum atomic E-state index is 12.3. The van der Waals surface area contributed by atoms with Crippen LogP contribution in [-0.4, -0.2) is 25.1 Å². The average molecular weight is 391 g/mol. The van der Waals surface area contributed by atoms with E-state index in [0.717, 1.165) is 22.5 Å². The highest BCUT2D eigenvalue weighted by atomic mass is 16.5. The third-order valence-electron chi connectivity index (χ3n) is 4.48. The van der Waals surface area contributed by atoms with Crippen LogP contribution in [0.15, 0.2) is 67.0 Å². The maximum Gasteiger partial charge on any atom is 0.224 e. The van der Waals surface area contributed by atoms with Gasteiger partial charge >= 0.3 is 0 Å². The number of hydrogen-bond donors (Lipinski definition) is 2. The lowest BCUT2D eigenvalue weighted by Gasteiger charge is -2.10.